The zero-order valence-corrected chi connectivity index (χ0v) is 13.5. The van der Waals surface area contributed by atoms with Crippen LogP contribution in [0.1, 0.15) is 27.2 Å². The smallest absolute Gasteiger partial charge is 0.239 e. The molecule has 0 aromatic heterocycles. The van der Waals surface area contributed by atoms with Gasteiger partial charge in [-0.1, -0.05) is 20.8 Å². The summed E-state index contributed by atoms with van der Waals surface area (Å²) in [5.41, 5.74) is 7.40. The van der Waals surface area contributed by atoms with Gasteiger partial charge in [-0.15, -0.1) is 0 Å². The summed E-state index contributed by atoms with van der Waals surface area (Å²) < 4.78 is 5.60. The first kappa shape index (κ1) is 17.1. The average Bonchev–Trinajstić information content (AvgIpc) is 2.42. The molecular weight excluding hydrogens is 266 g/mol. The van der Waals surface area contributed by atoms with E-state index in [1.807, 2.05) is 24.1 Å². The van der Waals surface area contributed by atoms with Crippen molar-refractivity contribution in [1.29, 1.82) is 0 Å². The third-order valence-corrected chi connectivity index (χ3v) is 2.92. The van der Waals surface area contributed by atoms with E-state index in [1.54, 1.807) is 6.07 Å². The summed E-state index contributed by atoms with van der Waals surface area (Å²) >= 11 is 0. The van der Waals surface area contributed by atoms with Crippen molar-refractivity contribution < 1.29 is 9.53 Å². The van der Waals surface area contributed by atoms with Gasteiger partial charge in [0.15, 0.2) is 0 Å². The Kier molecular flexibility index (Phi) is 6.85. The van der Waals surface area contributed by atoms with Gasteiger partial charge in [0.05, 0.1) is 13.2 Å². The zero-order valence-electron chi connectivity index (χ0n) is 13.5. The number of ether oxygens (including phenoxy) is 1. The Morgan fingerprint density at radius 1 is 1.38 bits per heavy atom. The zero-order chi connectivity index (χ0) is 15.8. The number of nitrogens with zero attached hydrogens (tertiary/aromatic N) is 1. The lowest BCUT2D eigenvalue weighted by atomic mass is 10.2. The summed E-state index contributed by atoms with van der Waals surface area (Å²) in [6.07, 6.45) is 0.942. The van der Waals surface area contributed by atoms with Crippen molar-refractivity contribution in [2.75, 3.05) is 37.4 Å². The molecule has 3 N–H and O–H groups in total. The SMILES string of the molecule is CCCOc1cc(N)cc(N(C)CC(=O)NCC(C)C)c1. The summed E-state index contributed by atoms with van der Waals surface area (Å²) in [5, 5.41) is 2.90. The molecule has 0 aliphatic carbocycles. The first-order valence-electron chi connectivity index (χ1n) is 7.43. The highest BCUT2D eigenvalue weighted by molar-refractivity contribution is 5.81. The molecule has 0 saturated carbocycles. The minimum atomic E-state index is 0.00431. The number of hydrogen-bond acceptors (Lipinski definition) is 4. The standard InChI is InChI=1S/C16H27N3O2/c1-5-6-21-15-8-13(17)7-14(9-15)19(4)11-16(20)18-10-12(2)3/h7-9,12H,5-6,10-11,17H2,1-4H3,(H,18,20). The number of anilines is 2. The highest BCUT2D eigenvalue weighted by atomic mass is 16.5. The van der Waals surface area contributed by atoms with Crippen molar-refractivity contribution in [3.63, 3.8) is 0 Å². The molecule has 0 radical (unpaired) electrons. The van der Waals surface area contributed by atoms with E-state index in [9.17, 15) is 4.79 Å². The van der Waals surface area contributed by atoms with Gasteiger partial charge in [-0.2, -0.15) is 0 Å². The molecule has 0 saturated heterocycles. The number of carbonyl (C=O) groups is 1. The molecular formula is C16H27N3O2. The summed E-state index contributed by atoms with van der Waals surface area (Å²) in [4.78, 5) is 13.7. The Morgan fingerprint density at radius 3 is 2.71 bits per heavy atom. The number of nitrogens with two attached hydrogens (primary N) is 1. The van der Waals surface area contributed by atoms with Gasteiger partial charge in [-0.25, -0.2) is 0 Å². The molecule has 0 fully saturated rings. The number of likely N-dealkylation sites (N-methyl/N-ethyl adjacent to an activating group) is 1. The van der Waals surface area contributed by atoms with E-state index in [0.717, 1.165) is 17.9 Å². The van der Waals surface area contributed by atoms with Gasteiger partial charge in [-0.05, 0) is 18.4 Å². The summed E-state index contributed by atoms with van der Waals surface area (Å²) in [6, 6.07) is 5.54. The van der Waals surface area contributed by atoms with E-state index in [1.165, 1.54) is 0 Å². The largest absolute Gasteiger partial charge is 0.493 e. The molecule has 21 heavy (non-hydrogen) atoms. The molecule has 0 bridgehead atoms. The van der Waals surface area contributed by atoms with Crippen molar-refractivity contribution in [2.45, 2.75) is 27.2 Å². The fourth-order valence-electron chi connectivity index (χ4n) is 1.81. The monoisotopic (exact) mass is 293 g/mol. The number of benzene rings is 1. The van der Waals surface area contributed by atoms with Crippen LogP contribution in [0.25, 0.3) is 0 Å². The molecule has 0 heterocycles. The van der Waals surface area contributed by atoms with E-state index in [-0.39, 0.29) is 5.91 Å². The van der Waals surface area contributed by atoms with Crippen molar-refractivity contribution in [1.82, 2.24) is 5.32 Å². The van der Waals surface area contributed by atoms with Crippen molar-refractivity contribution >= 4 is 17.3 Å². The third-order valence-electron chi connectivity index (χ3n) is 2.92. The van der Waals surface area contributed by atoms with Crippen LogP contribution < -0.4 is 20.7 Å². The Balaban J connectivity index is 2.66. The Labute approximate surface area is 127 Å². The van der Waals surface area contributed by atoms with Crippen LogP contribution in [0.4, 0.5) is 11.4 Å². The normalized spacial score (nSPS) is 10.5. The molecule has 0 unspecified atom stereocenters. The molecule has 1 amide bonds. The van der Waals surface area contributed by atoms with Crippen LogP contribution in [-0.4, -0.2) is 32.7 Å². The summed E-state index contributed by atoms with van der Waals surface area (Å²) in [5.74, 6) is 1.19. The van der Waals surface area contributed by atoms with Crippen molar-refractivity contribution in [2.24, 2.45) is 5.92 Å². The van der Waals surface area contributed by atoms with Gasteiger partial charge >= 0.3 is 0 Å². The van der Waals surface area contributed by atoms with Crippen LogP contribution in [0.15, 0.2) is 18.2 Å². The maximum Gasteiger partial charge on any atom is 0.239 e. The molecule has 0 spiro atoms. The molecule has 0 atom stereocenters. The van der Waals surface area contributed by atoms with E-state index < -0.39 is 0 Å². The van der Waals surface area contributed by atoms with Crippen molar-refractivity contribution in [3.8, 4) is 5.75 Å². The van der Waals surface area contributed by atoms with E-state index in [0.29, 0.717) is 31.3 Å². The molecule has 0 aliphatic rings. The second-order valence-electron chi connectivity index (χ2n) is 5.66. The minimum absolute atomic E-state index is 0.00431. The summed E-state index contributed by atoms with van der Waals surface area (Å²) in [6.45, 7) is 7.83. The first-order chi connectivity index (χ1) is 9.92. The molecule has 5 heteroatoms. The van der Waals surface area contributed by atoms with Crippen LogP contribution in [0.3, 0.4) is 0 Å². The van der Waals surface area contributed by atoms with Crippen LogP contribution in [0.2, 0.25) is 0 Å². The van der Waals surface area contributed by atoms with E-state index in [4.69, 9.17) is 10.5 Å². The maximum atomic E-state index is 11.9. The number of hydrogen-bond donors (Lipinski definition) is 2. The van der Waals surface area contributed by atoms with Crippen LogP contribution in [-0.2, 0) is 4.79 Å². The highest BCUT2D eigenvalue weighted by Gasteiger charge is 2.10. The second-order valence-corrected chi connectivity index (χ2v) is 5.66. The Morgan fingerprint density at radius 2 is 2.10 bits per heavy atom. The molecule has 1 rings (SSSR count). The fourth-order valence-corrected chi connectivity index (χ4v) is 1.81. The molecule has 0 aliphatic heterocycles. The predicted octanol–water partition coefficient (Wildman–Crippen LogP) is 2.27. The first-order valence-corrected chi connectivity index (χ1v) is 7.43. The van der Waals surface area contributed by atoms with Crippen LogP contribution in [0.5, 0.6) is 5.75 Å². The maximum absolute atomic E-state index is 11.9. The molecule has 1 aromatic rings. The quantitative estimate of drug-likeness (QED) is 0.722. The fraction of sp³-hybridized carbons (Fsp3) is 0.562. The van der Waals surface area contributed by atoms with Crippen molar-refractivity contribution in [3.05, 3.63) is 18.2 Å². The van der Waals surface area contributed by atoms with Crippen LogP contribution in [0, 0.1) is 5.92 Å². The Hall–Kier alpha value is -1.91. The number of nitrogens with one attached hydrogen (secondary N) is 1. The number of nitrogen functional groups attached to an aromatic ring is 1. The number of amides is 1. The second kappa shape index (κ2) is 8.39. The lowest BCUT2D eigenvalue weighted by Crippen LogP contribution is -2.36. The average molecular weight is 293 g/mol. The van der Waals surface area contributed by atoms with Gasteiger partial charge in [0.25, 0.3) is 0 Å². The summed E-state index contributed by atoms with van der Waals surface area (Å²) in [7, 11) is 1.87. The number of rotatable bonds is 8. The molecule has 5 nitrogen and oxygen atoms in total. The topological polar surface area (TPSA) is 67.6 Å². The lowest BCUT2D eigenvalue weighted by molar-refractivity contribution is -0.119. The van der Waals surface area contributed by atoms with Gasteiger partial charge in [0, 0.05) is 37.1 Å². The Bertz CT molecular complexity index is 461. The van der Waals surface area contributed by atoms with E-state index in [2.05, 4.69) is 26.1 Å². The molecule has 118 valence electrons. The minimum Gasteiger partial charge on any atom is -0.493 e. The molecule has 1 aromatic carbocycles. The van der Waals surface area contributed by atoms with Crippen LogP contribution >= 0.6 is 0 Å². The van der Waals surface area contributed by atoms with Gasteiger partial charge in [0.1, 0.15) is 5.75 Å². The number of carbonyl (C=O) groups excluding carboxylic acids is 1. The highest BCUT2D eigenvalue weighted by Crippen LogP contribution is 2.25. The van der Waals surface area contributed by atoms with Gasteiger partial charge in [-0.3, -0.25) is 4.79 Å². The van der Waals surface area contributed by atoms with Gasteiger partial charge < -0.3 is 20.7 Å². The lowest BCUT2D eigenvalue weighted by Gasteiger charge is -2.20. The predicted molar refractivity (Wildman–Crippen MR) is 87.8 cm³/mol. The third kappa shape index (κ3) is 6.38. The van der Waals surface area contributed by atoms with Gasteiger partial charge in [0.2, 0.25) is 5.91 Å². The van der Waals surface area contributed by atoms with E-state index >= 15 is 0 Å².